The summed E-state index contributed by atoms with van der Waals surface area (Å²) < 4.78 is 0. The van der Waals surface area contributed by atoms with Crippen molar-refractivity contribution in [2.45, 2.75) is 33.2 Å². The number of amides is 1. The fourth-order valence-electron chi connectivity index (χ4n) is 2.52. The standard InChI is InChI=1S/C11H18N2O/c1-8-6-9(2)13-5-4-12(10(3)14)7-11(8)13/h9H,4-7H2,1-3H3. The molecule has 0 spiro atoms. The van der Waals surface area contributed by atoms with Crippen LogP contribution >= 0.6 is 0 Å². The van der Waals surface area contributed by atoms with Gasteiger partial charge in [-0.05, 0) is 20.3 Å². The SMILES string of the molecule is CC(=O)N1CCN2C(=C(C)CC2C)C1. The van der Waals surface area contributed by atoms with Gasteiger partial charge in [-0.1, -0.05) is 5.57 Å². The van der Waals surface area contributed by atoms with E-state index in [2.05, 4.69) is 18.7 Å². The van der Waals surface area contributed by atoms with Gasteiger partial charge >= 0.3 is 0 Å². The first-order valence-corrected chi connectivity index (χ1v) is 5.30. The zero-order valence-electron chi connectivity index (χ0n) is 9.21. The van der Waals surface area contributed by atoms with E-state index < -0.39 is 0 Å². The zero-order valence-corrected chi connectivity index (χ0v) is 9.21. The number of rotatable bonds is 0. The summed E-state index contributed by atoms with van der Waals surface area (Å²) in [5, 5.41) is 0. The molecule has 1 atom stereocenters. The van der Waals surface area contributed by atoms with E-state index in [4.69, 9.17) is 0 Å². The minimum Gasteiger partial charge on any atom is -0.369 e. The van der Waals surface area contributed by atoms with Crippen molar-refractivity contribution in [3.63, 3.8) is 0 Å². The third-order valence-electron chi connectivity index (χ3n) is 3.37. The summed E-state index contributed by atoms with van der Waals surface area (Å²) in [4.78, 5) is 15.7. The van der Waals surface area contributed by atoms with Gasteiger partial charge in [-0.15, -0.1) is 0 Å². The predicted octanol–water partition coefficient (Wildman–Crippen LogP) is 1.22. The van der Waals surface area contributed by atoms with Crippen molar-refractivity contribution in [1.29, 1.82) is 0 Å². The van der Waals surface area contributed by atoms with Crippen LogP contribution in [0.4, 0.5) is 0 Å². The molecule has 78 valence electrons. The maximum Gasteiger partial charge on any atom is 0.219 e. The summed E-state index contributed by atoms with van der Waals surface area (Å²) >= 11 is 0. The molecule has 3 heteroatoms. The maximum absolute atomic E-state index is 11.3. The lowest BCUT2D eigenvalue weighted by atomic mass is 10.1. The van der Waals surface area contributed by atoms with Gasteiger partial charge in [0.25, 0.3) is 0 Å². The van der Waals surface area contributed by atoms with E-state index in [9.17, 15) is 4.79 Å². The van der Waals surface area contributed by atoms with Crippen molar-refractivity contribution >= 4 is 5.91 Å². The minimum atomic E-state index is 0.199. The van der Waals surface area contributed by atoms with Crippen LogP contribution in [0, 0.1) is 0 Å². The maximum atomic E-state index is 11.3. The molecule has 1 amide bonds. The van der Waals surface area contributed by atoms with Gasteiger partial charge in [-0.2, -0.15) is 0 Å². The topological polar surface area (TPSA) is 23.6 Å². The van der Waals surface area contributed by atoms with Gasteiger partial charge in [0, 0.05) is 31.8 Å². The minimum absolute atomic E-state index is 0.199. The van der Waals surface area contributed by atoms with Crippen LogP contribution in [0.25, 0.3) is 0 Å². The van der Waals surface area contributed by atoms with Gasteiger partial charge in [0.2, 0.25) is 5.91 Å². The molecule has 0 aliphatic carbocycles. The molecule has 14 heavy (non-hydrogen) atoms. The van der Waals surface area contributed by atoms with Gasteiger partial charge in [-0.3, -0.25) is 4.79 Å². The van der Waals surface area contributed by atoms with Crippen LogP contribution in [0.1, 0.15) is 27.2 Å². The fraction of sp³-hybridized carbons (Fsp3) is 0.727. The molecule has 0 bridgehead atoms. The fourth-order valence-corrected chi connectivity index (χ4v) is 2.52. The van der Waals surface area contributed by atoms with Crippen LogP contribution in [0.5, 0.6) is 0 Å². The molecule has 2 heterocycles. The van der Waals surface area contributed by atoms with Crippen LogP contribution in [0.2, 0.25) is 0 Å². The molecule has 0 N–H and O–H groups in total. The summed E-state index contributed by atoms with van der Waals surface area (Å²) in [6.07, 6.45) is 1.17. The van der Waals surface area contributed by atoms with Crippen LogP contribution in [0.3, 0.4) is 0 Å². The summed E-state index contributed by atoms with van der Waals surface area (Å²) in [7, 11) is 0. The monoisotopic (exact) mass is 194 g/mol. The molecule has 3 nitrogen and oxygen atoms in total. The third kappa shape index (κ3) is 1.41. The molecule has 0 saturated carbocycles. The Labute approximate surface area is 85.4 Å². The smallest absolute Gasteiger partial charge is 0.219 e. The van der Waals surface area contributed by atoms with E-state index in [1.54, 1.807) is 6.92 Å². The lowest BCUT2D eigenvalue weighted by Crippen LogP contribution is -2.47. The van der Waals surface area contributed by atoms with Crippen molar-refractivity contribution in [1.82, 2.24) is 9.80 Å². The summed E-state index contributed by atoms with van der Waals surface area (Å²) in [5.41, 5.74) is 2.85. The Bertz CT molecular complexity index is 296. The first kappa shape index (κ1) is 9.56. The van der Waals surface area contributed by atoms with E-state index in [1.807, 2.05) is 4.90 Å². The van der Waals surface area contributed by atoms with Crippen LogP contribution in [-0.2, 0) is 4.79 Å². The van der Waals surface area contributed by atoms with Crippen molar-refractivity contribution < 1.29 is 4.79 Å². The van der Waals surface area contributed by atoms with E-state index in [1.165, 1.54) is 17.7 Å². The van der Waals surface area contributed by atoms with Crippen LogP contribution < -0.4 is 0 Å². The Hall–Kier alpha value is -0.990. The molecule has 0 aromatic carbocycles. The molecular weight excluding hydrogens is 176 g/mol. The van der Waals surface area contributed by atoms with Crippen molar-refractivity contribution in [3.8, 4) is 0 Å². The summed E-state index contributed by atoms with van der Waals surface area (Å²) in [6, 6.07) is 0.638. The second-order valence-electron chi connectivity index (χ2n) is 4.41. The van der Waals surface area contributed by atoms with E-state index in [-0.39, 0.29) is 5.91 Å². The first-order valence-electron chi connectivity index (χ1n) is 5.30. The van der Waals surface area contributed by atoms with Crippen molar-refractivity contribution in [2.24, 2.45) is 0 Å². The van der Waals surface area contributed by atoms with E-state index in [0.717, 1.165) is 19.6 Å². The lowest BCUT2D eigenvalue weighted by molar-refractivity contribution is -0.129. The number of hydrogen-bond donors (Lipinski definition) is 0. The van der Waals surface area contributed by atoms with Gasteiger partial charge in [0.1, 0.15) is 0 Å². The van der Waals surface area contributed by atoms with Crippen molar-refractivity contribution in [2.75, 3.05) is 19.6 Å². The highest BCUT2D eigenvalue weighted by molar-refractivity contribution is 5.73. The highest BCUT2D eigenvalue weighted by Crippen LogP contribution is 2.30. The lowest BCUT2D eigenvalue weighted by Gasteiger charge is -2.37. The largest absolute Gasteiger partial charge is 0.369 e. The number of carbonyl (C=O) groups is 1. The number of hydrogen-bond acceptors (Lipinski definition) is 2. The Morgan fingerprint density at radius 1 is 1.43 bits per heavy atom. The van der Waals surface area contributed by atoms with Gasteiger partial charge in [0.05, 0.1) is 6.54 Å². The summed E-state index contributed by atoms with van der Waals surface area (Å²) in [6.45, 7) is 8.83. The van der Waals surface area contributed by atoms with Crippen LogP contribution in [-0.4, -0.2) is 41.4 Å². The average molecular weight is 194 g/mol. The Morgan fingerprint density at radius 3 is 2.79 bits per heavy atom. The highest BCUT2D eigenvalue weighted by atomic mass is 16.2. The average Bonchev–Trinajstić information content (AvgIpc) is 2.42. The van der Waals surface area contributed by atoms with Crippen molar-refractivity contribution in [3.05, 3.63) is 11.3 Å². The van der Waals surface area contributed by atoms with E-state index >= 15 is 0 Å². The van der Waals surface area contributed by atoms with Gasteiger partial charge < -0.3 is 9.80 Å². The predicted molar refractivity (Wildman–Crippen MR) is 55.7 cm³/mol. The Balaban J connectivity index is 2.16. The molecule has 2 aliphatic heterocycles. The molecular formula is C11H18N2O. The quantitative estimate of drug-likeness (QED) is 0.579. The molecule has 0 radical (unpaired) electrons. The molecule has 0 aromatic rings. The molecule has 1 saturated heterocycles. The molecule has 2 aliphatic rings. The Kier molecular flexibility index (Phi) is 2.25. The normalized spacial score (nSPS) is 26.9. The highest BCUT2D eigenvalue weighted by Gasteiger charge is 2.31. The second-order valence-corrected chi connectivity index (χ2v) is 4.41. The molecule has 0 aromatic heterocycles. The Morgan fingerprint density at radius 2 is 2.14 bits per heavy atom. The van der Waals surface area contributed by atoms with Crippen LogP contribution in [0.15, 0.2) is 11.3 Å². The molecule has 1 fully saturated rings. The third-order valence-corrected chi connectivity index (χ3v) is 3.37. The zero-order chi connectivity index (χ0) is 10.3. The second kappa shape index (κ2) is 3.30. The molecule has 2 rings (SSSR count). The number of carbonyl (C=O) groups excluding carboxylic acids is 1. The van der Waals surface area contributed by atoms with Gasteiger partial charge in [0.15, 0.2) is 0 Å². The summed E-state index contributed by atoms with van der Waals surface area (Å²) in [5.74, 6) is 0.199. The molecule has 1 unspecified atom stereocenters. The van der Waals surface area contributed by atoms with Gasteiger partial charge in [-0.25, -0.2) is 0 Å². The number of nitrogens with zero attached hydrogens (tertiary/aromatic N) is 2. The van der Waals surface area contributed by atoms with E-state index in [0.29, 0.717) is 6.04 Å². The first-order chi connectivity index (χ1) is 6.59. The number of piperazine rings is 1. The number of fused-ring (bicyclic) bond motifs is 1.